The van der Waals surface area contributed by atoms with Crippen LogP contribution in [0.3, 0.4) is 0 Å². The Kier molecular flexibility index (Phi) is 8.03. The molecule has 0 radical (unpaired) electrons. The second kappa shape index (κ2) is 8.08. The highest BCUT2D eigenvalue weighted by molar-refractivity contribution is 9.13. The van der Waals surface area contributed by atoms with E-state index in [1.807, 2.05) is 18.2 Å². The summed E-state index contributed by atoms with van der Waals surface area (Å²) in [4.78, 5) is 11.3. The molecule has 1 atom stereocenters. The van der Waals surface area contributed by atoms with Gasteiger partial charge < -0.3 is 10.5 Å². The normalized spacial score (nSPS) is 11.5. The number of esters is 1. The van der Waals surface area contributed by atoms with Crippen LogP contribution >= 0.6 is 44.3 Å². The Balaban J connectivity index is 0.00000256. The van der Waals surface area contributed by atoms with Crippen LogP contribution in [0.4, 0.5) is 0 Å². The first kappa shape index (κ1) is 16.9. The highest BCUT2D eigenvalue weighted by atomic mass is 79.9. The predicted octanol–water partition coefficient (Wildman–Crippen LogP) is 3.59. The molecule has 0 bridgehead atoms. The van der Waals surface area contributed by atoms with Gasteiger partial charge in [-0.25, -0.2) is 0 Å². The Labute approximate surface area is 124 Å². The third-order valence-electron chi connectivity index (χ3n) is 2.06. The van der Waals surface area contributed by atoms with Gasteiger partial charge in [0.25, 0.3) is 0 Å². The molecule has 0 spiro atoms. The van der Waals surface area contributed by atoms with Crippen molar-refractivity contribution in [3.8, 4) is 0 Å². The number of carbonyl (C=O) groups excluding carboxylic acids is 1. The molecular formula is C11H14Br2ClNO2. The fourth-order valence-corrected chi connectivity index (χ4v) is 1.90. The second-order valence-corrected chi connectivity index (χ2v) is 5.00. The third-order valence-corrected chi connectivity index (χ3v) is 3.94. The fourth-order valence-electron chi connectivity index (χ4n) is 1.26. The van der Waals surface area contributed by atoms with Crippen LogP contribution < -0.4 is 5.73 Å². The first-order valence-electron chi connectivity index (χ1n) is 4.90. The van der Waals surface area contributed by atoms with Crippen molar-refractivity contribution in [1.29, 1.82) is 0 Å². The summed E-state index contributed by atoms with van der Waals surface area (Å²) in [5, 5.41) is 0. The lowest BCUT2D eigenvalue weighted by atomic mass is 10.1. The number of ether oxygens (including phenoxy) is 1. The first-order valence-corrected chi connectivity index (χ1v) is 6.49. The van der Waals surface area contributed by atoms with Crippen LogP contribution in [0, 0.1) is 0 Å². The molecule has 0 amide bonds. The van der Waals surface area contributed by atoms with E-state index in [4.69, 9.17) is 10.5 Å². The molecule has 0 aliphatic heterocycles. The molecule has 0 saturated carbocycles. The van der Waals surface area contributed by atoms with Crippen molar-refractivity contribution >= 4 is 50.2 Å². The maximum Gasteiger partial charge on any atom is 0.307 e. The van der Waals surface area contributed by atoms with Crippen LogP contribution in [-0.4, -0.2) is 12.6 Å². The molecule has 17 heavy (non-hydrogen) atoms. The SMILES string of the molecule is CCOC(=O)C[C@H](N)c1ccc(Br)c(Br)c1.Cl. The molecule has 2 N–H and O–H groups in total. The molecule has 1 aromatic rings. The average Bonchev–Trinajstić information content (AvgIpc) is 2.22. The monoisotopic (exact) mass is 385 g/mol. The molecule has 1 rings (SSSR count). The van der Waals surface area contributed by atoms with Crippen LogP contribution in [0.15, 0.2) is 27.1 Å². The van der Waals surface area contributed by atoms with Gasteiger partial charge in [0, 0.05) is 15.0 Å². The van der Waals surface area contributed by atoms with Crippen molar-refractivity contribution in [3.05, 3.63) is 32.7 Å². The smallest absolute Gasteiger partial charge is 0.307 e. The van der Waals surface area contributed by atoms with Crippen molar-refractivity contribution in [1.82, 2.24) is 0 Å². The lowest BCUT2D eigenvalue weighted by molar-refractivity contribution is -0.143. The Morgan fingerprint density at radius 2 is 2.06 bits per heavy atom. The molecule has 0 aliphatic carbocycles. The Bertz CT molecular complexity index is 388. The van der Waals surface area contributed by atoms with Gasteiger partial charge in [0.1, 0.15) is 0 Å². The van der Waals surface area contributed by atoms with E-state index in [0.717, 1.165) is 14.5 Å². The largest absolute Gasteiger partial charge is 0.466 e. The number of rotatable bonds is 4. The van der Waals surface area contributed by atoms with E-state index in [-0.39, 0.29) is 30.8 Å². The molecule has 1 aromatic carbocycles. The van der Waals surface area contributed by atoms with Gasteiger partial charge >= 0.3 is 5.97 Å². The number of nitrogens with two attached hydrogens (primary N) is 1. The molecule has 0 saturated heterocycles. The topological polar surface area (TPSA) is 52.3 Å². The second-order valence-electron chi connectivity index (χ2n) is 3.29. The van der Waals surface area contributed by atoms with Gasteiger partial charge in [0.05, 0.1) is 13.0 Å². The summed E-state index contributed by atoms with van der Waals surface area (Å²) >= 11 is 6.77. The summed E-state index contributed by atoms with van der Waals surface area (Å²) in [6.07, 6.45) is 0.196. The minimum Gasteiger partial charge on any atom is -0.466 e. The molecule has 0 aromatic heterocycles. The molecular weight excluding hydrogens is 373 g/mol. The number of hydrogen-bond donors (Lipinski definition) is 1. The molecule has 0 aliphatic rings. The van der Waals surface area contributed by atoms with Gasteiger partial charge in [-0.3, -0.25) is 4.79 Å². The summed E-state index contributed by atoms with van der Waals surface area (Å²) in [6, 6.07) is 5.35. The summed E-state index contributed by atoms with van der Waals surface area (Å²) in [5.74, 6) is -0.269. The lowest BCUT2D eigenvalue weighted by Crippen LogP contribution is -2.17. The quantitative estimate of drug-likeness (QED) is 0.804. The Morgan fingerprint density at radius 3 is 2.59 bits per heavy atom. The van der Waals surface area contributed by atoms with Gasteiger partial charge in [0.15, 0.2) is 0 Å². The van der Waals surface area contributed by atoms with Crippen molar-refractivity contribution in [2.24, 2.45) is 5.73 Å². The van der Waals surface area contributed by atoms with E-state index in [1.165, 1.54) is 0 Å². The van der Waals surface area contributed by atoms with E-state index in [1.54, 1.807) is 6.92 Å². The van der Waals surface area contributed by atoms with Gasteiger partial charge in [-0.05, 0) is 56.5 Å². The summed E-state index contributed by atoms with van der Waals surface area (Å²) in [5.41, 5.74) is 6.81. The highest BCUT2D eigenvalue weighted by Crippen LogP contribution is 2.26. The van der Waals surface area contributed by atoms with Crippen molar-refractivity contribution in [2.75, 3.05) is 6.61 Å². The molecule has 0 unspecified atom stereocenters. The van der Waals surface area contributed by atoms with Crippen molar-refractivity contribution in [3.63, 3.8) is 0 Å². The van der Waals surface area contributed by atoms with Crippen LogP contribution in [0.5, 0.6) is 0 Å². The Morgan fingerprint density at radius 1 is 1.41 bits per heavy atom. The average molecular weight is 387 g/mol. The summed E-state index contributed by atoms with van der Waals surface area (Å²) in [7, 11) is 0. The zero-order valence-electron chi connectivity index (χ0n) is 9.28. The van der Waals surface area contributed by atoms with Crippen LogP contribution in [0.25, 0.3) is 0 Å². The van der Waals surface area contributed by atoms with Crippen LogP contribution in [0.2, 0.25) is 0 Å². The highest BCUT2D eigenvalue weighted by Gasteiger charge is 2.13. The molecule has 3 nitrogen and oxygen atoms in total. The van der Waals surface area contributed by atoms with E-state index in [9.17, 15) is 4.79 Å². The van der Waals surface area contributed by atoms with E-state index in [0.29, 0.717) is 6.61 Å². The minimum atomic E-state index is -0.330. The zero-order chi connectivity index (χ0) is 12.1. The summed E-state index contributed by atoms with van der Waals surface area (Å²) < 4.78 is 6.73. The molecule has 0 heterocycles. The number of benzene rings is 1. The van der Waals surface area contributed by atoms with Gasteiger partial charge in [-0.15, -0.1) is 12.4 Å². The maximum atomic E-state index is 11.3. The van der Waals surface area contributed by atoms with Crippen molar-refractivity contribution < 1.29 is 9.53 Å². The van der Waals surface area contributed by atoms with Crippen LogP contribution in [-0.2, 0) is 9.53 Å². The van der Waals surface area contributed by atoms with E-state index >= 15 is 0 Å². The predicted molar refractivity (Wildman–Crippen MR) is 77.3 cm³/mol. The van der Waals surface area contributed by atoms with Gasteiger partial charge in [0.2, 0.25) is 0 Å². The fraction of sp³-hybridized carbons (Fsp3) is 0.364. The maximum absolute atomic E-state index is 11.3. The number of carbonyl (C=O) groups is 1. The van der Waals surface area contributed by atoms with E-state index < -0.39 is 0 Å². The van der Waals surface area contributed by atoms with E-state index in [2.05, 4.69) is 31.9 Å². The zero-order valence-corrected chi connectivity index (χ0v) is 13.3. The first-order chi connectivity index (χ1) is 7.54. The van der Waals surface area contributed by atoms with Gasteiger partial charge in [-0.1, -0.05) is 6.07 Å². The van der Waals surface area contributed by atoms with Crippen molar-refractivity contribution in [2.45, 2.75) is 19.4 Å². The van der Waals surface area contributed by atoms with Crippen LogP contribution in [0.1, 0.15) is 24.9 Å². The Hall–Kier alpha value is -0.100. The molecule has 6 heteroatoms. The molecule has 0 fully saturated rings. The minimum absolute atomic E-state index is 0. The number of halogens is 3. The number of hydrogen-bond acceptors (Lipinski definition) is 3. The lowest BCUT2D eigenvalue weighted by Gasteiger charge is -2.12. The molecule has 96 valence electrons. The summed E-state index contributed by atoms with van der Waals surface area (Å²) in [6.45, 7) is 2.16. The standard InChI is InChI=1S/C11H13Br2NO2.ClH/c1-2-16-11(15)6-10(14)7-3-4-8(12)9(13)5-7;/h3-5,10H,2,6,14H2,1H3;1H/t10-;/m0./s1. The third kappa shape index (κ3) is 5.38. The van der Waals surface area contributed by atoms with Gasteiger partial charge in [-0.2, -0.15) is 0 Å².